The monoisotopic (exact) mass is 223 g/mol. The van der Waals surface area contributed by atoms with Crippen LogP contribution in [0, 0.1) is 0 Å². The molecule has 0 radical (unpaired) electrons. The molecule has 2 amide bonds. The SMILES string of the molecule is COCNC(=O)Nc1cccc(N(C)C)c1. The van der Waals surface area contributed by atoms with E-state index in [0.717, 1.165) is 11.4 Å². The van der Waals surface area contributed by atoms with Crippen LogP contribution in [0.25, 0.3) is 0 Å². The molecule has 0 aliphatic carbocycles. The van der Waals surface area contributed by atoms with Gasteiger partial charge in [0.15, 0.2) is 0 Å². The molecular formula is C11H17N3O2. The predicted octanol–water partition coefficient (Wildman–Crippen LogP) is 1.48. The summed E-state index contributed by atoms with van der Waals surface area (Å²) in [5, 5.41) is 5.26. The van der Waals surface area contributed by atoms with Crippen molar-refractivity contribution < 1.29 is 9.53 Å². The van der Waals surface area contributed by atoms with Crippen LogP contribution in [0.4, 0.5) is 16.2 Å². The molecule has 0 unspecified atom stereocenters. The number of methoxy groups -OCH3 is 1. The summed E-state index contributed by atoms with van der Waals surface area (Å²) in [6.45, 7) is 0.194. The van der Waals surface area contributed by atoms with Crippen LogP contribution in [-0.2, 0) is 4.74 Å². The third-order valence-corrected chi connectivity index (χ3v) is 2.00. The first-order valence-corrected chi connectivity index (χ1v) is 4.94. The Balaban J connectivity index is 2.59. The highest BCUT2D eigenvalue weighted by Gasteiger charge is 2.01. The maximum Gasteiger partial charge on any atom is 0.321 e. The van der Waals surface area contributed by atoms with Gasteiger partial charge in [-0.1, -0.05) is 6.07 Å². The topological polar surface area (TPSA) is 53.6 Å². The number of anilines is 2. The molecule has 0 aliphatic heterocycles. The first-order valence-electron chi connectivity index (χ1n) is 4.94. The lowest BCUT2D eigenvalue weighted by Gasteiger charge is -2.14. The molecule has 0 aliphatic rings. The Bertz CT molecular complexity index is 353. The molecule has 0 heterocycles. The van der Waals surface area contributed by atoms with Crippen LogP contribution in [0.1, 0.15) is 0 Å². The number of rotatable bonds is 4. The van der Waals surface area contributed by atoms with E-state index < -0.39 is 0 Å². The van der Waals surface area contributed by atoms with Crippen molar-refractivity contribution in [2.75, 3.05) is 38.2 Å². The van der Waals surface area contributed by atoms with E-state index in [1.807, 2.05) is 43.3 Å². The number of urea groups is 1. The summed E-state index contributed by atoms with van der Waals surface area (Å²) in [5.41, 5.74) is 1.78. The summed E-state index contributed by atoms with van der Waals surface area (Å²) in [7, 11) is 5.42. The van der Waals surface area contributed by atoms with Crippen molar-refractivity contribution >= 4 is 17.4 Å². The lowest BCUT2D eigenvalue weighted by molar-refractivity contribution is 0.177. The van der Waals surface area contributed by atoms with E-state index in [4.69, 9.17) is 4.74 Å². The van der Waals surface area contributed by atoms with Gasteiger partial charge in [0.2, 0.25) is 0 Å². The highest BCUT2D eigenvalue weighted by molar-refractivity contribution is 5.89. The van der Waals surface area contributed by atoms with Crippen molar-refractivity contribution in [1.29, 1.82) is 0 Å². The van der Waals surface area contributed by atoms with Gasteiger partial charge in [-0.3, -0.25) is 0 Å². The Kier molecular flexibility index (Phi) is 4.60. The van der Waals surface area contributed by atoms with Gasteiger partial charge in [0, 0.05) is 32.6 Å². The molecule has 0 saturated carbocycles. The van der Waals surface area contributed by atoms with Crippen molar-refractivity contribution in [3.63, 3.8) is 0 Å². The molecule has 0 aromatic heterocycles. The fourth-order valence-electron chi connectivity index (χ4n) is 1.17. The van der Waals surface area contributed by atoms with Crippen molar-refractivity contribution in [3.8, 4) is 0 Å². The number of ether oxygens (including phenoxy) is 1. The second-order valence-electron chi connectivity index (χ2n) is 3.51. The minimum atomic E-state index is -0.280. The molecule has 1 rings (SSSR count). The fourth-order valence-corrected chi connectivity index (χ4v) is 1.17. The van der Waals surface area contributed by atoms with E-state index in [0.29, 0.717) is 0 Å². The zero-order valence-electron chi connectivity index (χ0n) is 9.78. The van der Waals surface area contributed by atoms with Crippen molar-refractivity contribution in [2.45, 2.75) is 0 Å². The Morgan fingerprint density at radius 1 is 1.44 bits per heavy atom. The first kappa shape index (κ1) is 12.3. The lowest BCUT2D eigenvalue weighted by Crippen LogP contribution is -2.30. The van der Waals surface area contributed by atoms with Gasteiger partial charge in [-0.15, -0.1) is 0 Å². The van der Waals surface area contributed by atoms with Gasteiger partial charge in [-0.2, -0.15) is 0 Å². The molecule has 5 heteroatoms. The average Bonchev–Trinajstić information content (AvgIpc) is 2.26. The van der Waals surface area contributed by atoms with Crippen molar-refractivity contribution in [3.05, 3.63) is 24.3 Å². The van der Waals surface area contributed by atoms with Gasteiger partial charge >= 0.3 is 6.03 Å². The van der Waals surface area contributed by atoms with Crippen LogP contribution in [0.3, 0.4) is 0 Å². The highest BCUT2D eigenvalue weighted by atomic mass is 16.5. The number of nitrogens with one attached hydrogen (secondary N) is 2. The molecule has 0 bridgehead atoms. The molecule has 0 saturated heterocycles. The normalized spacial score (nSPS) is 9.69. The largest absolute Gasteiger partial charge is 0.378 e. The summed E-state index contributed by atoms with van der Waals surface area (Å²) >= 11 is 0. The summed E-state index contributed by atoms with van der Waals surface area (Å²) < 4.78 is 4.73. The zero-order valence-corrected chi connectivity index (χ0v) is 9.78. The van der Waals surface area contributed by atoms with Crippen LogP contribution in [-0.4, -0.2) is 34.0 Å². The minimum Gasteiger partial charge on any atom is -0.378 e. The lowest BCUT2D eigenvalue weighted by atomic mass is 10.2. The van der Waals surface area contributed by atoms with Gasteiger partial charge in [0.05, 0.1) is 0 Å². The maximum absolute atomic E-state index is 11.3. The first-order chi connectivity index (χ1) is 7.63. The number of carbonyl (C=O) groups is 1. The highest BCUT2D eigenvalue weighted by Crippen LogP contribution is 2.16. The third-order valence-electron chi connectivity index (χ3n) is 2.00. The van der Waals surface area contributed by atoms with Crippen LogP contribution in [0.2, 0.25) is 0 Å². The minimum absolute atomic E-state index is 0.194. The Morgan fingerprint density at radius 2 is 2.19 bits per heavy atom. The van der Waals surface area contributed by atoms with Crippen molar-refractivity contribution in [1.82, 2.24) is 5.32 Å². The summed E-state index contributed by atoms with van der Waals surface area (Å²) in [5.74, 6) is 0. The summed E-state index contributed by atoms with van der Waals surface area (Å²) in [4.78, 5) is 13.3. The molecule has 0 fully saturated rings. The molecule has 0 spiro atoms. The van der Waals surface area contributed by atoms with E-state index in [-0.39, 0.29) is 12.8 Å². The number of hydrogen-bond acceptors (Lipinski definition) is 3. The molecule has 1 aromatic carbocycles. The maximum atomic E-state index is 11.3. The van der Waals surface area contributed by atoms with Gasteiger partial charge in [-0.25, -0.2) is 4.79 Å². The number of nitrogens with zero attached hydrogens (tertiary/aromatic N) is 1. The van der Waals surface area contributed by atoms with Gasteiger partial charge < -0.3 is 20.3 Å². The third kappa shape index (κ3) is 3.78. The molecule has 1 aromatic rings. The van der Waals surface area contributed by atoms with Gasteiger partial charge in [0.25, 0.3) is 0 Å². The van der Waals surface area contributed by atoms with Crippen LogP contribution >= 0.6 is 0 Å². The summed E-state index contributed by atoms with van der Waals surface area (Å²) in [6, 6.07) is 7.31. The number of carbonyl (C=O) groups excluding carboxylic acids is 1. The average molecular weight is 223 g/mol. The van der Waals surface area contributed by atoms with Crippen LogP contribution < -0.4 is 15.5 Å². The molecule has 16 heavy (non-hydrogen) atoms. The number of benzene rings is 1. The second-order valence-corrected chi connectivity index (χ2v) is 3.51. The Morgan fingerprint density at radius 3 is 2.81 bits per heavy atom. The Labute approximate surface area is 95.4 Å². The van der Waals surface area contributed by atoms with Gasteiger partial charge in [0.1, 0.15) is 6.73 Å². The van der Waals surface area contributed by atoms with Crippen LogP contribution in [0.5, 0.6) is 0 Å². The van der Waals surface area contributed by atoms with E-state index in [2.05, 4.69) is 10.6 Å². The van der Waals surface area contributed by atoms with E-state index in [1.165, 1.54) is 7.11 Å². The van der Waals surface area contributed by atoms with E-state index in [1.54, 1.807) is 0 Å². The smallest absolute Gasteiger partial charge is 0.321 e. The fraction of sp³-hybridized carbons (Fsp3) is 0.364. The second kappa shape index (κ2) is 5.97. The molecule has 88 valence electrons. The summed E-state index contributed by atoms with van der Waals surface area (Å²) in [6.07, 6.45) is 0. The molecule has 0 atom stereocenters. The Hall–Kier alpha value is -1.75. The number of amides is 2. The molecular weight excluding hydrogens is 206 g/mol. The van der Waals surface area contributed by atoms with E-state index >= 15 is 0 Å². The number of hydrogen-bond donors (Lipinski definition) is 2. The quantitative estimate of drug-likeness (QED) is 0.760. The van der Waals surface area contributed by atoms with Crippen LogP contribution in [0.15, 0.2) is 24.3 Å². The zero-order chi connectivity index (χ0) is 12.0. The molecule has 2 N–H and O–H groups in total. The molecule has 5 nitrogen and oxygen atoms in total. The van der Waals surface area contributed by atoms with Crippen molar-refractivity contribution in [2.24, 2.45) is 0 Å². The predicted molar refractivity (Wildman–Crippen MR) is 64.8 cm³/mol. The van der Waals surface area contributed by atoms with E-state index in [9.17, 15) is 4.79 Å². The standard InChI is InChI=1S/C11H17N3O2/c1-14(2)10-6-4-5-9(7-10)13-11(15)12-8-16-3/h4-7H,8H2,1-3H3,(H2,12,13,15). The van der Waals surface area contributed by atoms with Gasteiger partial charge in [-0.05, 0) is 18.2 Å².